The number of thiophene rings is 1. The molecule has 3 rings (SSSR count). The molecule has 0 saturated heterocycles. The van der Waals surface area contributed by atoms with Crippen LogP contribution in [0.4, 0.5) is 0 Å². The lowest BCUT2D eigenvalue weighted by Gasteiger charge is -2.24. The van der Waals surface area contributed by atoms with Gasteiger partial charge < -0.3 is 4.74 Å². The van der Waals surface area contributed by atoms with Gasteiger partial charge >= 0.3 is 0 Å². The molecular formula is C13H7Br2ClO2S. The van der Waals surface area contributed by atoms with Gasteiger partial charge in [-0.3, -0.25) is 4.79 Å². The van der Waals surface area contributed by atoms with Crippen molar-refractivity contribution in [1.82, 2.24) is 0 Å². The quantitative estimate of drug-likeness (QED) is 0.595. The Hall–Kier alpha value is -0.360. The highest BCUT2D eigenvalue weighted by atomic mass is 79.9. The van der Waals surface area contributed by atoms with Crippen LogP contribution in [-0.2, 0) is 0 Å². The summed E-state index contributed by atoms with van der Waals surface area (Å²) in [5, 5.41) is 0. The van der Waals surface area contributed by atoms with Crippen LogP contribution in [0.1, 0.15) is 27.8 Å². The molecule has 1 aromatic carbocycles. The largest absolute Gasteiger partial charge is 0.484 e. The zero-order valence-corrected chi connectivity index (χ0v) is 14.2. The maximum absolute atomic E-state index is 12.2. The Morgan fingerprint density at radius 2 is 2.11 bits per heavy atom. The number of Topliss-reactive ketones (excluding diaryl/α,β-unsaturated/α-hetero) is 1. The highest BCUT2D eigenvalue weighted by Gasteiger charge is 2.29. The molecular weight excluding hydrogens is 415 g/mol. The molecule has 0 bridgehead atoms. The molecule has 1 aliphatic rings. The molecule has 0 fully saturated rings. The standard InChI is InChI=1S/C13H7Br2ClO2S/c14-6-1-2-10-7(3-6)9(17)5-11(18-10)12-4-8(15)13(16)19-12/h1-4,11H,5H2. The lowest BCUT2D eigenvalue weighted by atomic mass is 10.00. The molecule has 1 unspecified atom stereocenters. The molecule has 1 aliphatic heterocycles. The number of carbonyl (C=O) groups excluding carboxylic acids is 1. The lowest BCUT2D eigenvalue weighted by Crippen LogP contribution is -2.19. The zero-order chi connectivity index (χ0) is 13.6. The maximum atomic E-state index is 12.2. The lowest BCUT2D eigenvalue weighted by molar-refractivity contribution is 0.0854. The summed E-state index contributed by atoms with van der Waals surface area (Å²) in [5.74, 6) is 0.721. The van der Waals surface area contributed by atoms with Gasteiger partial charge in [0.1, 0.15) is 16.2 Å². The molecule has 2 aromatic rings. The minimum Gasteiger partial charge on any atom is -0.484 e. The van der Waals surface area contributed by atoms with Gasteiger partial charge in [-0.1, -0.05) is 27.5 Å². The number of hydrogen-bond acceptors (Lipinski definition) is 3. The van der Waals surface area contributed by atoms with Crippen molar-refractivity contribution in [2.24, 2.45) is 0 Å². The van der Waals surface area contributed by atoms with Gasteiger partial charge in [0.15, 0.2) is 5.78 Å². The van der Waals surface area contributed by atoms with Gasteiger partial charge in [0.2, 0.25) is 0 Å². The van der Waals surface area contributed by atoms with Crippen LogP contribution in [-0.4, -0.2) is 5.78 Å². The van der Waals surface area contributed by atoms with E-state index in [4.69, 9.17) is 16.3 Å². The molecule has 1 aromatic heterocycles. The van der Waals surface area contributed by atoms with Crippen molar-refractivity contribution in [2.75, 3.05) is 0 Å². The van der Waals surface area contributed by atoms with Crippen molar-refractivity contribution in [3.8, 4) is 5.75 Å². The van der Waals surface area contributed by atoms with Crippen LogP contribution < -0.4 is 4.74 Å². The van der Waals surface area contributed by atoms with Gasteiger partial charge in [-0.25, -0.2) is 0 Å². The second-order valence-electron chi connectivity index (χ2n) is 4.14. The molecule has 0 spiro atoms. The number of rotatable bonds is 1. The van der Waals surface area contributed by atoms with E-state index in [0.29, 0.717) is 22.1 Å². The first-order chi connectivity index (χ1) is 9.04. The van der Waals surface area contributed by atoms with Crippen molar-refractivity contribution in [3.63, 3.8) is 0 Å². The Balaban J connectivity index is 1.97. The molecule has 0 N–H and O–H groups in total. The van der Waals surface area contributed by atoms with Crippen LogP contribution in [0.3, 0.4) is 0 Å². The molecule has 0 aliphatic carbocycles. The summed E-state index contributed by atoms with van der Waals surface area (Å²) in [4.78, 5) is 13.1. The van der Waals surface area contributed by atoms with Crippen molar-refractivity contribution in [2.45, 2.75) is 12.5 Å². The predicted octanol–water partition coefficient (Wildman–Crippen LogP) is 5.63. The summed E-state index contributed by atoms with van der Waals surface area (Å²) in [5.41, 5.74) is 0.632. The Kier molecular flexibility index (Phi) is 3.73. The predicted molar refractivity (Wildman–Crippen MR) is 83.5 cm³/mol. The van der Waals surface area contributed by atoms with E-state index >= 15 is 0 Å². The Morgan fingerprint density at radius 1 is 1.32 bits per heavy atom. The van der Waals surface area contributed by atoms with Crippen LogP contribution in [0.15, 0.2) is 33.2 Å². The topological polar surface area (TPSA) is 26.3 Å². The molecule has 0 amide bonds. The summed E-state index contributed by atoms with van der Waals surface area (Å²) in [7, 11) is 0. The summed E-state index contributed by atoms with van der Waals surface area (Å²) < 4.78 is 8.29. The van der Waals surface area contributed by atoms with Crippen LogP contribution in [0.25, 0.3) is 0 Å². The van der Waals surface area contributed by atoms with Crippen molar-refractivity contribution in [1.29, 1.82) is 0 Å². The number of halogens is 3. The monoisotopic (exact) mass is 420 g/mol. The summed E-state index contributed by atoms with van der Waals surface area (Å²) in [6.45, 7) is 0. The van der Waals surface area contributed by atoms with Crippen LogP contribution in [0.2, 0.25) is 4.34 Å². The summed E-state index contributed by atoms with van der Waals surface area (Å²) in [6.07, 6.45) is 0.0854. The average molecular weight is 423 g/mol. The average Bonchev–Trinajstić information content (AvgIpc) is 2.70. The third kappa shape index (κ3) is 2.61. The van der Waals surface area contributed by atoms with Crippen molar-refractivity contribution >= 4 is 60.6 Å². The number of carbonyl (C=O) groups is 1. The van der Waals surface area contributed by atoms with Gasteiger partial charge in [-0.05, 0) is 40.2 Å². The molecule has 19 heavy (non-hydrogen) atoms. The molecule has 0 saturated carbocycles. The van der Waals surface area contributed by atoms with Gasteiger partial charge in [0.05, 0.1) is 12.0 Å². The third-order valence-corrected chi connectivity index (χ3v) is 5.92. The van der Waals surface area contributed by atoms with Crippen molar-refractivity contribution in [3.05, 3.63) is 48.0 Å². The molecule has 6 heteroatoms. The normalized spacial score (nSPS) is 18.1. The Labute approximate surface area is 136 Å². The van der Waals surface area contributed by atoms with Gasteiger partial charge in [0, 0.05) is 13.8 Å². The Morgan fingerprint density at radius 3 is 2.79 bits per heavy atom. The second kappa shape index (κ2) is 5.20. The first kappa shape index (κ1) is 13.6. The van der Waals surface area contributed by atoms with E-state index in [2.05, 4.69) is 31.9 Å². The van der Waals surface area contributed by atoms with Crippen molar-refractivity contribution < 1.29 is 9.53 Å². The van der Waals surface area contributed by atoms with E-state index in [-0.39, 0.29) is 11.9 Å². The number of hydrogen-bond donors (Lipinski definition) is 0. The molecule has 2 nitrogen and oxygen atoms in total. The molecule has 2 heterocycles. The zero-order valence-electron chi connectivity index (χ0n) is 9.45. The highest BCUT2D eigenvalue weighted by Crippen LogP contribution is 2.41. The number of ketones is 1. The van der Waals surface area contributed by atoms with E-state index in [1.165, 1.54) is 11.3 Å². The molecule has 98 valence electrons. The van der Waals surface area contributed by atoms with Gasteiger partial charge in [-0.2, -0.15) is 0 Å². The fraction of sp³-hybridized carbons (Fsp3) is 0.154. The second-order valence-corrected chi connectivity index (χ2v) is 7.60. The number of fused-ring (bicyclic) bond motifs is 1. The van der Waals surface area contributed by atoms with Gasteiger partial charge in [0.25, 0.3) is 0 Å². The molecule has 1 atom stereocenters. The minimum absolute atomic E-state index is 0.0909. The van der Waals surface area contributed by atoms with E-state index in [9.17, 15) is 4.79 Å². The first-order valence-electron chi connectivity index (χ1n) is 5.49. The van der Waals surface area contributed by atoms with E-state index in [1.54, 1.807) is 6.07 Å². The van der Waals surface area contributed by atoms with Crippen LogP contribution in [0, 0.1) is 0 Å². The first-order valence-corrected chi connectivity index (χ1v) is 8.27. The SMILES string of the molecule is O=C1CC(c2cc(Br)c(Cl)s2)Oc2ccc(Br)cc21. The van der Waals surface area contributed by atoms with Crippen LogP contribution in [0.5, 0.6) is 5.75 Å². The number of benzene rings is 1. The fourth-order valence-corrected chi connectivity index (χ4v) is 4.10. The summed E-state index contributed by atoms with van der Waals surface area (Å²) >= 11 is 14.2. The van der Waals surface area contributed by atoms with E-state index in [1.807, 2.05) is 18.2 Å². The van der Waals surface area contributed by atoms with Gasteiger partial charge in [-0.15, -0.1) is 11.3 Å². The van der Waals surface area contributed by atoms with Crippen LogP contribution >= 0.6 is 54.8 Å². The fourth-order valence-electron chi connectivity index (χ4n) is 1.98. The van der Waals surface area contributed by atoms with E-state index in [0.717, 1.165) is 13.8 Å². The summed E-state index contributed by atoms with van der Waals surface area (Å²) in [6, 6.07) is 7.39. The minimum atomic E-state index is -0.255. The van der Waals surface area contributed by atoms with E-state index < -0.39 is 0 Å². The third-order valence-electron chi connectivity index (χ3n) is 2.86. The Bertz CT molecular complexity index is 649. The number of ether oxygens (including phenoxy) is 1. The smallest absolute Gasteiger partial charge is 0.170 e. The maximum Gasteiger partial charge on any atom is 0.170 e. The highest BCUT2D eigenvalue weighted by molar-refractivity contribution is 9.10. The molecule has 0 radical (unpaired) electrons.